The SMILES string of the molecule is Cc1nnc(NCc2ccc(-c3nc(-c4ccccc4)cs3)cc2)s1. The molecule has 0 atom stereocenters. The van der Waals surface area contributed by atoms with E-state index < -0.39 is 0 Å². The number of hydrogen-bond donors (Lipinski definition) is 1. The molecule has 0 aliphatic heterocycles. The molecule has 0 spiro atoms. The third-order valence-electron chi connectivity index (χ3n) is 3.74. The van der Waals surface area contributed by atoms with E-state index in [1.807, 2.05) is 25.1 Å². The summed E-state index contributed by atoms with van der Waals surface area (Å²) in [6.07, 6.45) is 0. The first kappa shape index (κ1) is 15.9. The summed E-state index contributed by atoms with van der Waals surface area (Å²) in [6, 6.07) is 18.8. The topological polar surface area (TPSA) is 50.7 Å². The second kappa shape index (κ2) is 7.13. The molecular formula is C19H16N4S2. The highest BCUT2D eigenvalue weighted by molar-refractivity contribution is 7.15. The number of nitrogens with one attached hydrogen (secondary N) is 1. The van der Waals surface area contributed by atoms with Gasteiger partial charge in [-0.1, -0.05) is 65.9 Å². The molecule has 0 saturated carbocycles. The minimum atomic E-state index is 0.738. The van der Waals surface area contributed by atoms with Crippen molar-refractivity contribution in [3.05, 3.63) is 70.5 Å². The lowest BCUT2D eigenvalue weighted by Gasteiger charge is -2.03. The van der Waals surface area contributed by atoms with Crippen LogP contribution in [0.4, 0.5) is 5.13 Å². The lowest BCUT2D eigenvalue weighted by atomic mass is 10.1. The highest BCUT2D eigenvalue weighted by Crippen LogP contribution is 2.29. The molecule has 4 rings (SSSR count). The standard InChI is InChI=1S/C19H16N4S2/c1-13-22-23-19(25-13)20-11-14-7-9-16(10-8-14)18-21-17(12-24-18)15-5-3-2-4-6-15/h2-10,12H,11H2,1H3,(H,20,23). The Morgan fingerprint density at radius 2 is 1.72 bits per heavy atom. The highest BCUT2D eigenvalue weighted by Gasteiger charge is 2.07. The number of aryl methyl sites for hydroxylation is 1. The minimum Gasteiger partial charge on any atom is -0.356 e. The van der Waals surface area contributed by atoms with Gasteiger partial charge < -0.3 is 5.32 Å². The number of anilines is 1. The average Bonchev–Trinajstić information content (AvgIpc) is 3.30. The fourth-order valence-electron chi connectivity index (χ4n) is 2.46. The number of nitrogens with zero attached hydrogens (tertiary/aromatic N) is 3. The molecule has 124 valence electrons. The van der Waals surface area contributed by atoms with Crippen molar-refractivity contribution < 1.29 is 0 Å². The summed E-state index contributed by atoms with van der Waals surface area (Å²) in [5.41, 5.74) is 4.52. The molecule has 0 bridgehead atoms. The number of aromatic nitrogens is 3. The first-order valence-corrected chi connectivity index (χ1v) is 9.62. The monoisotopic (exact) mass is 364 g/mol. The van der Waals surface area contributed by atoms with Gasteiger partial charge in [0.2, 0.25) is 5.13 Å². The summed E-state index contributed by atoms with van der Waals surface area (Å²) in [5.74, 6) is 0. The molecule has 4 aromatic rings. The van der Waals surface area contributed by atoms with Gasteiger partial charge >= 0.3 is 0 Å². The van der Waals surface area contributed by atoms with E-state index in [9.17, 15) is 0 Å². The van der Waals surface area contributed by atoms with E-state index in [0.717, 1.165) is 38.5 Å². The molecule has 1 N–H and O–H groups in total. The highest BCUT2D eigenvalue weighted by atomic mass is 32.1. The molecule has 2 aromatic carbocycles. The van der Waals surface area contributed by atoms with E-state index in [4.69, 9.17) is 4.98 Å². The van der Waals surface area contributed by atoms with Gasteiger partial charge in [-0.05, 0) is 12.5 Å². The van der Waals surface area contributed by atoms with Crippen LogP contribution in [-0.2, 0) is 6.54 Å². The van der Waals surface area contributed by atoms with Crippen LogP contribution in [0.5, 0.6) is 0 Å². The van der Waals surface area contributed by atoms with Crippen LogP contribution in [0.25, 0.3) is 21.8 Å². The second-order valence-corrected chi connectivity index (χ2v) is 7.62. The van der Waals surface area contributed by atoms with Crippen molar-refractivity contribution >= 4 is 27.8 Å². The van der Waals surface area contributed by atoms with Gasteiger partial charge in [0.1, 0.15) is 10.0 Å². The van der Waals surface area contributed by atoms with Crippen molar-refractivity contribution in [3.63, 3.8) is 0 Å². The van der Waals surface area contributed by atoms with Crippen LogP contribution in [-0.4, -0.2) is 15.2 Å². The zero-order chi connectivity index (χ0) is 17.1. The third-order valence-corrected chi connectivity index (χ3v) is 5.43. The largest absolute Gasteiger partial charge is 0.356 e. The maximum absolute atomic E-state index is 4.76. The van der Waals surface area contributed by atoms with E-state index in [0.29, 0.717) is 0 Å². The molecule has 0 aliphatic rings. The summed E-state index contributed by atoms with van der Waals surface area (Å²) in [7, 11) is 0. The molecule has 6 heteroatoms. The van der Waals surface area contributed by atoms with Gasteiger partial charge in [0.25, 0.3) is 0 Å². The number of benzene rings is 2. The van der Waals surface area contributed by atoms with Crippen LogP contribution < -0.4 is 5.32 Å². The lowest BCUT2D eigenvalue weighted by Crippen LogP contribution is -1.98. The van der Waals surface area contributed by atoms with E-state index in [1.54, 1.807) is 22.7 Å². The third kappa shape index (κ3) is 3.75. The molecule has 0 saturated heterocycles. The lowest BCUT2D eigenvalue weighted by molar-refractivity contribution is 1.02. The molecule has 25 heavy (non-hydrogen) atoms. The molecule has 0 aliphatic carbocycles. The first-order valence-electron chi connectivity index (χ1n) is 7.92. The molecule has 0 amide bonds. The average molecular weight is 364 g/mol. The van der Waals surface area contributed by atoms with Crippen LogP contribution in [0.1, 0.15) is 10.6 Å². The maximum Gasteiger partial charge on any atom is 0.205 e. The fraction of sp³-hybridized carbons (Fsp3) is 0.105. The Morgan fingerprint density at radius 1 is 0.920 bits per heavy atom. The quantitative estimate of drug-likeness (QED) is 0.525. The van der Waals surface area contributed by atoms with Gasteiger partial charge in [-0.15, -0.1) is 21.5 Å². The molecule has 0 fully saturated rings. The van der Waals surface area contributed by atoms with E-state index in [1.165, 1.54) is 5.56 Å². The molecule has 2 heterocycles. The summed E-state index contributed by atoms with van der Waals surface area (Å²) >= 11 is 3.24. The number of rotatable bonds is 5. The Balaban J connectivity index is 1.46. The summed E-state index contributed by atoms with van der Waals surface area (Å²) in [6.45, 7) is 2.69. The van der Waals surface area contributed by atoms with Gasteiger partial charge in [0, 0.05) is 23.1 Å². The second-order valence-electron chi connectivity index (χ2n) is 5.58. The molecule has 2 aromatic heterocycles. The molecule has 4 nitrogen and oxygen atoms in total. The minimum absolute atomic E-state index is 0.738. The maximum atomic E-state index is 4.76. The predicted octanol–water partition coefficient (Wildman–Crippen LogP) is 5.25. The summed E-state index contributed by atoms with van der Waals surface area (Å²) in [5, 5.41) is 16.4. The van der Waals surface area contributed by atoms with Gasteiger partial charge in [-0.2, -0.15) is 0 Å². The predicted molar refractivity (Wildman–Crippen MR) is 105 cm³/mol. The van der Waals surface area contributed by atoms with Crippen molar-refractivity contribution in [2.45, 2.75) is 13.5 Å². The van der Waals surface area contributed by atoms with E-state index in [-0.39, 0.29) is 0 Å². The molecule has 0 radical (unpaired) electrons. The molecule has 0 unspecified atom stereocenters. The van der Waals surface area contributed by atoms with Gasteiger partial charge in [-0.25, -0.2) is 4.98 Å². The van der Waals surface area contributed by atoms with Crippen molar-refractivity contribution in [3.8, 4) is 21.8 Å². The van der Waals surface area contributed by atoms with Crippen LogP contribution in [0.2, 0.25) is 0 Å². The van der Waals surface area contributed by atoms with Crippen LogP contribution in [0.15, 0.2) is 60.0 Å². The summed E-state index contributed by atoms with van der Waals surface area (Å²) < 4.78 is 0. The van der Waals surface area contributed by atoms with Crippen molar-refractivity contribution in [1.29, 1.82) is 0 Å². The van der Waals surface area contributed by atoms with E-state index >= 15 is 0 Å². The Hall–Kier alpha value is -2.57. The zero-order valence-corrected chi connectivity index (χ0v) is 15.3. The smallest absolute Gasteiger partial charge is 0.205 e. The van der Waals surface area contributed by atoms with Crippen molar-refractivity contribution in [2.24, 2.45) is 0 Å². The van der Waals surface area contributed by atoms with E-state index in [2.05, 4.69) is 57.3 Å². The fourth-order valence-corrected chi connectivity index (χ4v) is 3.88. The summed E-state index contributed by atoms with van der Waals surface area (Å²) in [4.78, 5) is 4.76. The Labute approximate surface area is 154 Å². The van der Waals surface area contributed by atoms with Crippen LogP contribution in [0, 0.1) is 6.92 Å². The molecular weight excluding hydrogens is 348 g/mol. The first-order chi connectivity index (χ1) is 12.3. The number of thiazole rings is 1. The Bertz CT molecular complexity index is 959. The normalized spacial score (nSPS) is 10.8. The van der Waals surface area contributed by atoms with Gasteiger partial charge in [0.15, 0.2) is 0 Å². The number of hydrogen-bond acceptors (Lipinski definition) is 6. The Kier molecular flexibility index (Phi) is 4.54. The zero-order valence-electron chi connectivity index (χ0n) is 13.6. The van der Waals surface area contributed by atoms with Gasteiger partial charge in [-0.3, -0.25) is 0 Å². The Morgan fingerprint density at radius 3 is 2.44 bits per heavy atom. The van der Waals surface area contributed by atoms with Crippen LogP contribution in [0.3, 0.4) is 0 Å². The van der Waals surface area contributed by atoms with Gasteiger partial charge in [0.05, 0.1) is 5.69 Å². The van der Waals surface area contributed by atoms with Crippen LogP contribution >= 0.6 is 22.7 Å². The van der Waals surface area contributed by atoms with Crippen molar-refractivity contribution in [1.82, 2.24) is 15.2 Å². The van der Waals surface area contributed by atoms with Crippen molar-refractivity contribution in [2.75, 3.05) is 5.32 Å².